The highest BCUT2D eigenvalue weighted by Crippen LogP contribution is 2.39. The van der Waals surface area contributed by atoms with Crippen LogP contribution in [0.5, 0.6) is 0 Å². The van der Waals surface area contributed by atoms with Gasteiger partial charge in [0.1, 0.15) is 0 Å². The summed E-state index contributed by atoms with van der Waals surface area (Å²) in [5.41, 5.74) is 3.08. The molecule has 0 bridgehead atoms. The summed E-state index contributed by atoms with van der Waals surface area (Å²) in [5, 5.41) is 0. The molecule has 1 unspecified atom stereocenters. The summed E-state index contributed by atoms with van der Waals surface area (Å²) in [4.78, 5) is 2.17. The number of benzene rings is 2. The van der Waals surface area contributed by atoms with Crippen LogP contribution in [0.3, 0.4) is 0 Å². The second-order valence-corrected chi connectivity index (χ2v) is 6.02. The first-order valence-corrected chi connectivity index (χ1v) is 7.30. The molecule has 1 aliphatic heterocycles. The van der Waals surface area contributed by atoms with Gasteiger partial charge in [0.25, 0.3) is 0 Å². The topological polar surface area (TPSA) is 3.24 Å². The molecule has 0 amide bonds. The van der Waals surface area contributed by atoms with Crippen molar-refractivity contribution in [2.75, 3.05) is 13.6 Å². The average Bonchev–Trinajstić information content (AvgIpc) is 2.47. The molecule has 4 heteroatoms. The van der Waals surface area contributed by atoms with Crippen molar-refractivity contribution in [3.05, 3.63) is 70.3 Å². The summed E-state index contributed by atoms with van der Waals surface area (Å²) >= 11 is 0. The molecule has 1 atom stereocenters. The number of hydrogen-bond acceptors (Lipinski definition) is 1. The van der Waals surface area contributed by atoms with E-state index in [1.165, 1.54) is 12.1 Å². The number of aryl methyl sites for hydroxylation is 1. The number of nitrogens with zero attached hydrogens (tertiary/aromatic N) is 1. The van der Waals surface area contributed by atoms with Gasteiger partial charge in [0.05, 0.1) is 5.56 Å². The molecule has 0 radical (unpaired) electrons. The number of halogens is 3. The maximum atomic E-state index is 13.1. The molecule has 1 heterocycles. The zero-order valence-electron chi connectivity index (χ0n) is 12.6. The normalized spacial score (nSPS) is 19.0. The van der Waals surface area contributed by atoms with Gasteiger partial charge in [-0.25, -0.2) is 0 Å². The maximum Gasteiger partial charge on any atom is 0.416 e. The molecule has 3 rings (SSSR count). The van der Waals surface area contributed by atoms with Crippen LogP contribution in [-0.2, 0) is 12.7 Å². The van der Waals surface area contributed by atoms with E-state index in [2.05, 4.69) is 4.90 Å². The standard InChI is InChI=1S/C18H18F3N/c1-12-8-14(18(19,20)21)9-15-16(12)10-22(2)11-17(15)13-6-4-3-5-7-13/h3-9,17H,10-11H2,1-2H3. The Morgan fingerprint density at radius 1 is 1.09 bits per heavy atom. The van der Waals surface area contributed by atoms with E-state index in [0.29, 0.717) is 6.54 Å². The van der Waals surface area contributed by atoms with Gasteiger partial charge < -0.3 is 4.90 Å². The van der Waals surface area contributed by atoms with E-state index in [1.807, 2.05) is 37.4 Å². The highest BCUT2D eigenvalue weighted by atomic mass is 19.4. The third-order valence-electron chi connectivity index (χ3n) is 4.33. The number of hydrogen-bond donors (Lipinski definition) is 0. The van der Waals surface area contributed by atoms with Crippen LogP contribution in [0.15, 0.2) is 42.5 Å². The Morgan fingerprint density at radius 2 is 1.77 bits per heavy atom. The molecule has 116 valence electrons. The molecule has 0 N–H and O–H groups in total. The van der Waals surface area contributed by atoms with Crippen LogP contribution < -0.4 is 0 Å². The minimum Gasteiger partial charge on any atom is -0.301 e. The molecule has 1 nitrogen and oxygen atoms in total. The van der Waals surface area contributed by atoms with E-state index in [9.17, 15) is 13.2 Å². The Kier molecular flexibility index (Phi) is 3.73. The van der Waals surface area contributed by atoms with Gasteiger partial charge in [0.2, 0.25) is 0 Å². The Morgan fingerprint density at radius 3 is 2.41 bits per heavy atom. The average molecular weight is 305 g/mol. The van der Waals surface area contributed by atoms with E-state index < -0.39 is 11.7 Å². The van der Waals surface area contributed by atoms with Gasteiger partial charge in [-0.05, 0) is 48.4 Å². The van der Waals surface area contributed by atoms with Crippen molar-refractivity contribution in [2.45, 2.75) is 25.6 Å². The minimum absolute atomic E-state index is 0.0176. The highest BCUT2D eigenvalue weighted by molar-refractivity contribution is 5.47. The van der Waals surface area contributed by atoms with Gasteiger partial charge in [-0.3, -0.25) is 0 Å². The predicted molar refractivity (Wildman–Crippen MR) is 80.8 cm³/mol. The lowest BCUT2D eigenvalue weighted by Gasteiger charge is -2.34. The summed E-state index contributed by atoms with van der Waals surface area (Å²) in [7, 11) is 2.01. The van der Waals surface area contributed by atoms with Crippen LogP contribution >= 0.6 is 0 Å². The molecular weight excluding hydrogens is 287 g/mol. The fourth-order valence-corrected chi connectivity index (χ4v) is 3.25. The Balaban J connectivity index is 2.16. The van der Waals surface area contributed by atoms with Crippen LogP contribution in [0.25, 0.3) is 0 Å². The smallest absolute Gasteiger partial charge is 0.301 e. The first-order valence-electron chi connectivity index (χ1n) is 7.30. The summed E-state index contributed by atoms with van der Waals surface area (Å²) in [6.07, 6.45) is -4.30. The lowest BCUT2D eigenvalue weighted by molar-refractivity contribution is -0.137. The largest absolute Gasteiger partial charge is 0.416 e. The fourth-order valence-electron chi connectivity index (χ4n) is 3.25. The summed E-state index contributed by atoms with van der Waals surface area (Å²) < 4.78 is 39.4. The predicted octanol–water partition coefficient (Wildman–Crippen LogP) is 4.59. The van der Waals surface area contributed by atoms with Gasteiger partial charge in [-0.1, -0.05) is 30.3 Å². The molecule has 0 saturated carbocycles. The quantitative estimate of drug-likeness (QED) is 0.745. The van der Waals surface area contributed by atoms with Crippen LogP contribution in [0.2, 0.25) is 0 Å². The van der Waals surface area contributed by atoms with Crippen LogP contribution in [0.1, 0.15) is 33.7 Å². The highest BCUT2D eigenvalue weighted by Gasteiger charge is 2.34. The molecule has 1 aliphatic rings. The van der Waals surface area contributed by atoms with Crippen molar-refractivity contribution in [3.8, 4) is 0 Å². The number of fused-ring (bicyclic) bond motifs is 1. The second kappa shape index (κ2) is 5.43. The summed E-state index contributed by atoms with van der Waals surface area (Å²) in [6.45, 7) is 3.20. The van der Waals surface area contributed by atoms with Gasteiger partial charge in [-0.15, -0.1) is 0 Å². The minimum atomic E-state index is -4.30. The third kappa shape index (κ3) is 2.75. The second-order valence-electron chi connectivity index (χ2n) is 6.02. The van der Waals surface area contributed by atoms with Gasteiger partial charge in [-0.2, -0.15) is 13.2 Å². The third-order valence-corrected chi connectivity index (χ3v) is 4.33. The first kappa shape index (κ1) is 15.1. The van der Waals surface area contributed by atoms with E-state index >= 15 is 0 Å². The van der Waals surface area contributed by atoms with Gasteiger partial charge in [0.15, 0.2) is 0 Å². The Hall–Kier alpha value is -1.81. The maximum absolute atomic E-state index is 13.1. The molecule has 0 saturated heterocycles. The van der Waals surface area contributed by atoms with Gasteiger partial charge >= 0.3 is 6.18 Å². The number of likely N-dealkylation sites (N-methyl/N-ethyl adjacent to an activating group) is 1. The molecular formula is C18H18F3N. The summed E-state index contributed by atoms with van der Waals surface area (Å²) in [5.74, 6) is -0.0176. The molecule has 0 spiro atoms. The molecule has 2 aromatic rings. The molecule has 0 aliphatic carbocycles. The van der Waals surface area contributed by atoms with E-state index in [-0.39, 0.29) is 5.92 Å². The van der Waals surface area contributed by atoms with Crippen molar-refractivity contribution in [1.29, 1.82) is 0 Å². The summed E-state index contributed by atoms with van der Waals surface area (Å²) in [6, 6.07) is 12.4. The Bertz CT molecular complexity index is 677. The van der Waals surface area contributed by atoms with Crippen LogP contribution in [-0.4, -0.2) is 18.5 Å². The fraction of sp³-hybridized carbons (Fsp3) is 0.333. The van der Waals surface area contributed by atoms with Crippen LogP contribution in [0.4, 0.5) is 13.2 Å². The van der Waals surface area contributed by atoms with Crippen molar-refractivity contribution >= 4 is 0 Å². The molecule has 0 fully saturated rings. The molecule has 22 heavy (non-hydrogen) atoms. The first-order chi connectivity index (χ1) is 10.4. The number of rotatable bonds is 1. The van der Waals surface area contributed by atoms with Crippen molar-refractivity contribution < 1.29 is 13.2 Å². The molecule has 0 aromatic heterocycles. The van der Waals surface area contributed by atoms with E-state index in [0.717, 1.165) is 28.8 Å². The van der Waals surface area contributed by atoms with E-state index in [1.54, 1.807) is 6.92 Å². The molecule has 2 aromatic carbocycles. The Labute approximate surface area is 128 Å². The lowest BCUT2D eigenvalue weighted by Crippen LogP contribution is -2.32. The zero-order chi connectivity index (χ0) is 15.9. The van der Waals surface area contributed by atoms with Crippen molar-refractivity contribution in [3.63, 3.8) is 0 Å². The lowest BCUT2D eigenvalue weighted by atomic mass is 9.82. The van der Waals surface area contributed by atoms with Crippen molar-refractivity contribution in [2.24, 2.45) is 0 Å². The van der Waals surface area contributed by atoms with Crippen LogP contribution in [0, 0.1) is 6.92 Å². The monoisotopic (exact) mass is 305 g/mol. The van der Waals surface area contributed by atoms with Gasteiger partial charge in [0, 0.05) is 19.0 Å². The van der Waals surface area contributed by atoms with Crippen molar-refractivity contribution in [1.82, 2.24) is 4.90 Å². The zero-order valence-corrected chi connectivity index (χ0v) is 12.6. The number of alkyl halides is 3. The SMILES string of the molecule is Cc1cc(C(F)(F)F)cc2c1CN(C)CC2c1ccccc1. The van der Waals surface area contributed by atoms with E-state index in [4.69, 9.17) is 0 Å².